The largest absolute Gasteiger partial charge is 0.352 e. The van der Waals surface area contributed by atoms with Crippen LogP contribution in [0.15, 0.2) is 42.9 Å². The number of piperazine rings is 1. The molecule has 2 fully saturated rings. The summed E-state index contributed by atoms with van der Waals surface area (Å²) in [5, 5.41) is 4.50. The quantitative estimate of drug-likeness (QED) is 0.700. The summed E-state index contributed by atoms with van der Waals surface area (Å²) in [6.45, 7) is 6.84. The van der Waals surface area contributed by atoms with Crippen LogP contribution in [0.25, 0.3) is 11.0 Å². The van der Waals surface area contributed by atoms with Gasteiger partial charge in [-0.15, -0.1) is 0 Å². The molecule has 0 unspecified atom stereocenters. The number of nitrogens with zero attached hydrogens (tertiary/aromatic N) is 4. The van der Waals surface area contributed by atoms with E-state index in [2.05, 4.69) is 49.1 Å². The highest BCUT2D eigenvalue weighted by molar-refractivity contribution is 5.91. The number of aromatic amines is 1. The number of H-pyrrole nitrogens is 1. The average molecular weight is 405 g/mol. The summed E-state index contributed by atoms with van der Waals surface area (Å²) in [6, 6.07) is 10.3. The predicted molar refractivity (Wildman–Crippen MR) is 118 cm³/mol. The molecule has 2 saturated heterocycles. The molecule has 2 aromatic heterocycles. The van der Waals surface area contributed by atoms with Crippen LogP contribution in [0, 0.1) is 6.92 Å². The highest BCUT2D eigenvalue weighted by Gasteiger charge is 2.44. The van der Waals surface area contributed by atoms with Gasteiger partial charge in [-0.05, 0) is 44.0 Å². The number of fused-ring (bicyclic) bond motifs is 1. The van der Waals surface area contributed by atoms with Crippen molar-refractivity contribution in [3.05, 3.63) is 54.0 Å². The maximum absolute atomic E-state index is 13.8. The summed E-state index contributed by atoms with van der Waals surface area (Å²) < 4.78 is 0. The standard InChI is InChI=1S/C23H28N6O/c1-17-15-25-20-19(17)21(27-16-26-20)28-11-13-29(14-12-28)22(30)23(7-9-24-10-8-23)18-5-3-2-4-6-18/h2-6,15-16,24H,7-14H2,1H3,(H,25,26,27). The van der Waals surface area contributed by atoms with E-state index in [1.807, 2.05) is 24.4 Å². The molecule has 4 heterocycles. The van der Waals surface area contributed by atoms with Crippen LogP contribution in [0.4, 0.5) is 5.82 Å². The molecule has 0 spiro atoms. The van der Waals surface area contributed by atoms with Crippen molar-refractivity contribution in [2.45, 2.75) is 25.2 Å². The zero-order valence-corrected chi connectivity index (χ0v) is 17.4. The number of aryl methyl sites for hydroxylation is 1. The molecule has 0 aliphatic carbocycles. The van der Waals surface area contributed by atoms with Crippen molar-refractivity contribution >= 4 is 22.8 Å². The second-order valence-electron chi connectivity index (χ2n) is 8.37. The molecule has 7 heteroatoms. The van der Waals surface area contributed by atoms with E-state index in [-0.39, 0.29) is 5.91 Å². The monoisotopic (exact) mass is 404 g/mol. The third kappa shape index (κ3) is 3.13. The topological polar surface area (TPSA) is 77.2 Å². The van der Waals surface area contributed by atoms with Crippen molar-refractivity contribution in [3.8, 4) is 0 Å². The van der Waals surface area contributed by atoms with Gasteiger partial charge in [0.05, 0.1) is 10.8 Å². The molecule has 0 atom stereocenters. The fraction of sp³-hybridized carbons (Fsp3) is 0.435. The molecule has 0 bridgehead atoms. The number of hydrogen-bond acceptors (Lipinski definition) is 5. The van der Waals surface area contributed by atoms with Gasteiger partial charge in [0.15, 0.2) is 0 Å². The second-order valence-corrected chi connectivity index (χ2v) is 8.37. The molecule has 1 amide bonds. The molecule has 1 aromatic carbocycles. The number of carbonyl (C=O) groups is 1. The number of benzene rings is 1. The molecule has 156 valence electrons. The third-order valence-corrected chi connectivity index (χ3v) is 6.71. The number of amides is 1. The van der Waals surface area contributed by atoms with Gasteiger partial charge in [0.25, 0.3) is 0 Å². The average Bonchev–Trinajstić information content (AvgIpc) is 3.21. The van der Waals surface area contributed by atoms with E-state index in [0.717, 1.165) is 80.1 Å². The van der Waals surface area contributed by atoms with Crippen molar-refractivity contribution in [1.29, 1.82) is 0 Å². The summed E-state index contributed by atoms with van der Waals surface area (Å²) in [6.07, 6.45) is 5.30. The Kier molecular flexibility index (Phi) is 4.90. The zero-order valence-electron chi connectivity index (χ0n) is 17.4. The van der Waals surface area contributed by atoms with Crippen LogP contribution < -0.4 is 10.2 Å². The summed E-state index contributed by atoms with van der Waals surface area (Å²) in [5.41, 5.74) is 2.76. The number of carbonyl (C=O) groups excluding carboxylic acids is 1. The van der Waals surface area contributed by atoms with Crippen molar-refractivity contribution in [2.24, 2.45) is 0 Å². The first-order valence-electron chi connectivity index (χ1n) is 10.8. The lowest BCUT2D eigenvalue weighted by atomic mass is 9.72. The molecule has 0 saturated carbocycles. The fourth-order valence-electron chi connectivity index (χ4n) is 5.00. The van der Waals surface area contributed by atoms with Gasteiger partial charge in [-0.1, -0.05) is 30.3 Å². The number of hydrogen-bond donors (Lipinski definition) is 2. The van der Waals surface area contributed by atoms with Crippen molar-refractivity contribution in [1.82, 2.24) is 25.2 Å². The Morgan fingerprint density at radius 1 is 1.03 bits per heavy atom. The van der Waals surface area contributed by atoms with Gasteiger partial charge >= 0.3 is 0 Å². The van der Waals surface area contributed by atoms with Crippen LogP contribution in [0.2, 0.25) is 0 Å². The Morgan fingerprint density at radius 3 is 2.50 bits per heavy atom. The molecule has 2 aliphatic heterocycles. The highest BCUT2D eigenvalue weighted by atomic mass is 16.2. The number of rotatable bonds is 3. The van der Waals surface area contributed by atoms with E-state index >= 15 is 0 Å². The summed E-state index contributed by atoms with van der Waals surface area (Å²) in [5.74, 6) is 1.24. The van der Waals surface area contributed by atoms with E-state index in [1.54, 1.807) is 6.33 Å². The van der Waals surface area contributed by atoms with Crippen LogP contribution in [0.3, 0.4) is 0 Å². The lowest BCUT2D eigenvalue weighted by Gasteiger charge is -2.43. The van der Waals surface area contributed by atoms with E-state index in [9.17, 15) is 4.79 Å². The van der Waals surface area contributed by atoms with E-state index < -0.39 is 5.41 Å². The minimum absolute atomic E-state index is 0.278. The molecule has 2 N–H and O–H groups in total. The predicted octanol–water partition coefficient (Wildman–Crippen LogP) is 2.24. The van der Waals surface area contributed by atoms with Gasteiger partial charge in [0, 0.05) is 32.4 Å². The highest BCUT2D eigenvalue weighted by Crippen LogP contribution is 2.36. The molecule has 5 rings (SSSR count). The lowest BCUT2D eigenvalue weighted by molar-refractivity contribution is -0.139. The first-order valence-corrected chi connectivity index (χ1v) is 10.8. The molecule has 30 heavy (non-hydrogen) atoms. The molecule has 0 radical (unpaired) electrons. The van der Waals surface area contributed by atoms with Gasteiger partial charge in [0.2, 0.25) is 5.91 Å². The normalized spacial score (nSPS) is 19.2. The van der Waals surface area contributed by atoms with Crippen LogP contribution in [0.1, 0.15) is 24.0 Å². The summed E-state index contributed by atoms with van der Waals surface area (Å²) >= 11 is 0. The van der Waals surface area contributed by atoms with Crippen LogP contribution in [-0.2, 0) is 10.2 Å². The summed E-state index contributed by atoms with van der Waals surface area (Å²) in [7, 11) is 0. The van der Waals surface area contributed by atoms with Crippen LogP contribution in [0.5, 0.6) is 0 Å². The van der Waals surface area contributed by atoms with E-state index in [0.29, 0.717) is 0 Å². The van der Waals surface area contributed by atoms with Crippen molar-refractivity contribution in [3.63, 3.8) is 0 Å². The Hall–Kier alpha value is -2.93. The Balaban J connectivity index is 1.37. The van der Waals surface area contributed by atoms with Crippen LogP contribution >= 0.6 is 0 Å². The van der Waals surface area contributed by atoms with E-state index in [4.69, 9.17) is 0 Å². The maximum Gasteiger partial charge on any atom is 0.233 e. The molecular formula is C23H28N6O. The maximum atomic E-state index is 13.8. The van der Waals surface area contributed by atoms with E-state index in [1.165, 1.54) is 0 Å². The number of nitrogens with one attached hydrogen (secondary N) is 2. The number of anilines is 1. The molecule has 2 aliphatic rings. The number of piperidine rings is 1. The minimum atomic E-state index is -0.409. The Morgan fingerprint density at radius 2 is 1.77 bits per heavy atom. The number of aromatic nitrogens is 3. The van der Waals surface area contributed by atoms with Crippen molar-refractivity contribution < 1.29 is 4.79 Å². The van der Waals surface area contributed by atoms with Gasteiger partial charge in [-0.2, -0.15) is 0 Å². The molecular weight excluding hydrogens is 376 g/mol. The first kappa shape index (κ1) is 19.1. The Bertz CT molecular complexity index is 1030. The third-order valence-electron chi connectivity index (χ3n) is 6.71. The molecule has 7 nitrogen and oxygen atoms in total. The zero-order chi connectivity index (χ0) is 20.6. The second kappa shape index (κ2) is 7.72. The molecule has 3 aromatic rings. The minimum Gasteiger partial charge on any atom is -0.352 e. The smallest absolute Gasteiger partial charge is 0.233 e. The van der Waals surface area contributed by atoms with Crippen molar-refractivity contribution in [2.75, 3.05) is 44.2 Å². The lowest BCUT2D eigenvalue weighted by Crippen LogP contribution is -2.57. The van der Waals surface area contributed by atoms with Gasteiger partial charge < -0.3 is 20.1 Å². The SMILES string of the molecule is Cc1c[nH]c2ncnc(N3CCN(C(=O)C4(c5ccccc5)CCNCC4)CC3)c12. The Labute approximate surface area is 176 Å². The fourth-order valence-corrected chi connectivity index (χ4v) is 5.00. The van der Waals surface area contributed by atoms with Gasteiger partial charge in [-0.25, -0.2) is 9.97 Å². The van der Waals surface area contributed by atoms with Gasteiger partial charge in [-0.3, -0.25) is 4.79 Å². The first-order chi connectivity index (χ1) is 14.7. The van der Waals surface area contributed by atoms with Crippen LogP contribution in [-0.4, -0.2) is 65.0 Å². The van der Waals surface area contributed by atoms with Gasteiger partial charge in [0.1, 0.15) is 17.8 Å². The summed E-state index contributed by atoms with van der Waals surface area (Å²) in [4.78, 5) is 30.3.